The molecule has 122 valence electrons. The highest BCUT2D eigenvalue weighted by molar-refractivity contribution is 5.80. The lowest BCUT2D eigenvalue weighted by Crippen LogP contribution is -2.56. The standard InChI is InChI=1S/C16H30N2O3/c1-4-20-10-9-17-7-8-18(11-13(17)2)16(19)14(3)21-12-15-5-6-15/h13-15H,4-12H2,1-3H3/t13-,14+/m1/s1. The van der Waals surface area contributed by atoms with Crippen LogP contribution >= 0.6 is 0 Å². The Bertz CT molecular complexity index is 333. The third kappa shape index (κ3) is 5.24. The average molecular weight is 298 g/mol. The quantitative estimate of drug-likeness (QED) is 0.635. The minimum Gasteiger partial charge on any atom is -0.380 e. The molecule has 2 atom stereocenters. The summed E-state index contributed by atoms with van der Waals surface area (Å²) in [6.07, 6.45) is 2.22. The molecule has 0 N–H and O–H groups in total. The van der Waals surface area contributed by atoms with Gasteiger partial charge in [-0.1, -0.05) is 0 Å². The molecule has 0 aromatic rings. The van der Waals surface area contributed by atoms with Gasteiger partial charge in [-0.3, -0.25) is 9.69 Å². The molecule has 0 spiro atoms. The fourth-order valence-corrected chi connectivity index (χ4v) is 2.75. The summed E-state index contributed by atoms with van der Waals surface area (Å²) in [5, 5.41) is 0. The van der Waals surface area contributed by atoms with Crippen molar-refractivity contribution in [1.29, 1.82) is 0 Å². The normalized spacial score (nSPS) is 25.1. The number of hydrogen-bond acceptors (Lipinski definition) is 4. The Kier molecular flexibility index (Phi) is 6.45. The molecule has 1 aliphatic heterocycles. The van der Waals surface area contributed by atoms with Crippen molar-refractivity contribution in [2.75, 3.05) is 46.0 Å². The summed E-state index contributed by atoms with van der Waals surface area (Å²) in [7, 11) is 0. The van der Waals surface area contributed by atoms with Crippen molar-refractivity contribution in [2.45, 2.75) is 45.8 Å². The highest BCUT2D eigenvalue weighted by Crippen LogP contribution is 2.29. The van der Waals surface area contributed by atoms with Crippen molar-refractivity contribution < 1.29 is 14.3 Å². The molecule has 0 bridgehead atoms. The van der Waals surface area contributed by atoms with E-state index in [-0.39, 0.29) is 12.0 Å². The van der Waals surface area contributed by atoms with Gasteiger partial charge in [0.1, 0.15) is 6.10 Å². The van der Waals surface area contributed by atoms with E-state index in [1.807, 2.05) is 18.7 Å². The van der Waals surface area contributed by atoms with Gasteiger partial charge in [-0.2, -0.15) is 0 Å². The molecule has 2 aliphatic rings. The zero-order valence-corrected chi connectivity index (χ0v) is 13.7. The van der Waals surface area contributed by atoms with Gasteiger partial charge >= 0.3 is 0 Å². The Morgan fingerprint density at radius 3 is 2.71 bits per heavy atom. The van der Waals surface area contributed by atoms with E-state index in [4.69, 9.17) is 9.47 Å². The monoisotopic (exact) mass is 298 g/mol. The van der Waals surface area contributed by atoms with Crippen molar-refractivity contribution in [3.8, 4) is 0 Å². The van der Waals surface area contributed by atoms with E-state index in [2.05, 4.69) is 11.8 Å². The highest BCUT2D eigenvalue weighted by atomic mass is 16.5. The summed E-state index contributed by atoms with van der Waals surface area (Å²) < 4.78 is 11.1. The van der Waals surface area contributed by atoms with E-state index in [9.17, 15) is 4.79 Å². The summed E-state index contributed by atoms with van der Waals surface area (Å²) in [5.41, 5.74) is 0. The van der Waals surface area contributed by atoms with E-state index in [1.165, 1.54) is 12.8 Å². The largest absolute Gasteiger partial charge is 0.380 e. The molecule has 5 heteroatoms. The first-order valence-electron chi connectivity index (χ1n) is 8.34. The first-order valence-corrected chi connectivity index (χ1v) is 8.34. The van der Waals surface area contributed by atoms with Gasteiger partial charge in [0.25, 0.3) is 5.91 Å². The number of ether oxygens (including phenoxy) is 2. The van der Waals surface area contributed by atoms with Crippen LogP contribution in [0.4, 0.5) is 0 Å². The van der Waals surface area contributed by atoms with Crippen LogP contribution in [-0.4, -0.2) is 73.9 Å². The van der Waals surface area contributed by atoms with Gasteiger partial charge in [-0.25, -0.2) is 0 Å². The molecule has 5 nitrogen and oxygen atoms in total. The van der Waals surface area contributed by atoms with Crippen LogP contribution in [0.3, 0.4) is 0 Å². The third-order valence-corrected chi connectivity index (χ3v) is 4.43. The summed E-state index contributed by atoms with van der Waals surface area (Å²) in [5.74, 6) is 0.849. The number of carbonyl (C=O) groups excluding carboxylic acids is 1. The first kappa shape index (κ1) is 16.7. The summed E-state index contributed by atoms with van der Waals surface area (Å²) in [4.78, 5) is 16.8. The molecular formula is C16H30N2O3. The van der Waals surface area contributed by atoms with Crippen molar-refractivity contribution >= 4 is 5.91 Å². The van der Waals surface area contributed by atoms with Gasteiger partial charge in [0.15, 0.2) is 0 Å². The van der Waals surface area contributed by atoms with Crippen molar-refractivity contribution in [3.63, 3.8) is 0 Å². The molecule has 1 saturated heterocycles. The number of carbonyl (C=O) groups is 1. The van der Waals surface area contributed by atoms with Gasteiger partial charge in [-0.15, -0.1) is 0 Å². The van der Waals surface area contributed by atoms with Crippen molar-refractivity contribution in [1.82, 2.24) is 9.80 Å². The molecule has 21 heavy (non-hydrogen) atoms. The first-order chi connectivity index (χ1) is 10.1. The maximum Gasteiger partial charge on any atom is 0.251 e. The molecule has 1 saturated carbocycles. The molecule has 0 aromatic carbocycles. The van der Waals surface area contributed by atoms with Crippen molar-refractivity contribution in [3.05, 3.63) is 0 Å². The number of rotatable bonds is 8. The summed E-state index contributed by atoms with van der Waals surface area (Å²) in [6, 6.07) is 0.388. The predicted molar refractivity (Wildman–Crippen MR) is 82.2 cm³/mol. The Morgan fingerprint density at radius 2 is 2.10 bits per heavy atom. The average Bonchev–Trinajstić information content (AvgIpc) is 3.30. The third-order valence-electron chi connectivity index (χ3n) is 4.43. The molecule has 1 amide bonds. The second-order valence-corrected chi connectivity index (χ2v) is 6.29. The van der Waals surface area contributed by atoms with E-state index >= 15 is 0 Å². The van der Waals surface area contributed by atoms with E-state index in [0.717, 1.165) is 46.0 Å². The number of hydrogen-bond donors (Lipinski definition) is 0. The van der Waals surface area contributed by atoms with Crippen LogP contribution in [0.25, 0.3) is 0 Å². The fraction of sp³-hybridized carbons (Fsp3) is 0.938. The Labute approximate surface area is 128 Å². The molecule has 0 radical (unpaired) electrons. The molecule has 0 aromatic heterocycles. The van der Waals surface area contributed by atoms with Gasteiger partial charge in [-0.05, 0) is 39.5 Å². The Hall–Kier alpha value is -0.650. The molecule has 1 heterocycles. The zero-order chi connectivity index (χ0) is 15.2. The topological polar surface area (TPSA) is 42.0 Å². The molecule has 2 fully saturated rings. The predicted octanol–water partition coefficient (Wildman–Crippen LogP) is 1.37. The van der Waals surface area contributed by atoms with Crippen LogP contribution in [0, 0.1) is 5.92 Å². The minimum absolute atomic E-state index is 0.145. The van der Waals surface area contributed by atoms with Gasteiger partial charge in [0.05, 0.1) is 13.2 Å². The van der Waals surface area contributed by atoms with Crippen LogP contribution < -0.4 is 0 Å². The molecule has 0 unspecified atom stereocenters. The lowest BCUT2D eigenvalue weighted by atomic mass is 10.1. The Morgan fingerprint density at radius 1 is 1.33 bits per heavy atom. The summed E-state index contributed by atoms with van der Waals surface area (Å²) in [6.45, 7) is 11.8. The van der Waals surface area contributed by atoms with Gasteiger partial charge < -0.3 is 14.4 Å². The van der Waals surface area contributed by atoms with Crippen LogP contribution in [0.15, 0.2) is 0 Å². The zero-order valence-electron chi connectivity index (χ0n) is 13.7. The maximum absolute atomic E-state index is 12.4. The summed E-state index contributed by atoms with van der Waals surface area (Å²) >= 11 is 0. The SMILES string of the molecule is CCOCCN1CCN(C(=O)[C@H](C)OCC2CC2)C[C@H]1C. The number of piperazine rings is 1. The molecule has 1 aliphatic carbocycles. The van der Waals surface area contributed by atoms with E-state index in [0.29, 0.717) is 12.0 Å². The minimum atomic E-state index is -0.298. The van der Waals surface area contributed by atoms with Crippen LogP contribution in [0.2, 0.25) is 0 Å². The van der Waals surface area contributed by atoms with Crippen LogP contribution in [0.5, 0.6) is 0 Å². The van der Waals surface area contributed by atoms with Crippen molar-refractivity contribution in [2.24, 2.45) is 5.92 Å². The number of amides is 1. The Balaban J connectivity index is 1.70. The fourth-order valence-electron chi connectivity index (χ4n) is 2.75. The molecular weight excluding hydrogens is 268 g/mol. The lowest BCUT2D eigenvalue weighted by Gasteiger charge is -2.40. The van der Waals surface area contributed by atoms with E-state index < -0.39 is 0 Å². The molecule has 2 rings (SSSR count). The van der Waals surface area contributed by atoms with Gasteiger partial charge in [0, 0.05) is 38.8 Å². The lowest BCUT2D eigenvalue weighted by molar-refractivity contribution is -0.146. The number of nitrogens with zero attached hydrogens (tertiary/aromatic N) is 2. The van der Waals surface area contributed by atoms with Crippen LogP contribution in [-0.2, 0) is 14.3 Å². The second kappa shape index (κ2) is 8.11. The van der Waals surface area contributed by atoms with Gasteiger partial charge in [0.2, 0.25) is 0 Å². The smallest absolute Gasteiger partial charge is 0.251 e. The van der Waals surface area contributed by atoms with E-state index in [1.54, 1.807) is 0 Å². The van der Waals surface area contributed by atoms with Crippen LogP contribution in [0.1, 0.15) is 33.6 Å². The second-order valence-electron chi connectivity index (χ2n) is 6.29. The highest BCUT2D eigenvalue weighted by Gasteiger charge is 2.30. The maximum atomic E-state index is 12.4.